The van der Waals surface area contributed by atoms with Crippen LogP contribution in [0, 0.1) is 5.92 Å². The second-order valence-corrected chi connectivity index (χ2v) is 3.05. The van der Waals surface area contributed by atoms with E-state index in [9.17, 15) is 0 Å². The van der Waals surface area contributed by atoms with Crippen LogP contribution in [0.15, 0.2) is 23.3 Å². The average Bonchev–Trinajstić information content (AvgIpc) is 2.14. The van der Waals surface area contributed by atoms with Gasteiger partial charge in [0.15, 0.2) is 0 Å². The third kappa shape index (κ3) is 2.61. The Kier molecular flexibility index (Phi) is 4.59. The molecule has 1 aliphatic carbocycles. The predicted molar refractivity (Wildman–Crippen MR) is 47.0 cm³/mol. The van der Waals surface area contributed by atoms with E-state index >= 15 is 0 Å². The van der Waals surface area contributed by atoms with E-state index in [0.717, 1.165) is 0 Å². The van der Waals surface area contributed by atoms with Crippen LogP contribution in [0.1, 0.15) is 27.2 Å². The minimum Gasteiger partial charge on any atom is -0.0770 e. The van der Waals surface area contributed by atoms with Gasteiger partial charge in [0.05, 0.1) is 0 Å². The molecule has 10 heavy (non-hydrogen) atoms. The molecule has 0 spiro atoms. The van der Waals surface area contributed by atoms with Gasteiger partial charge in [-0.15, -0.1) is 0 Å². The molecule has 51 valence electrons. The largest absolute Gasteiger partial charge is 0.0770 e. The number of hydrogen-bond acceptors (Lipinski definition) is 0. The van der Waals surface area contributed by atoms with Gasteiger partial charge in [-0.3, -0.25) is 0 Å². The molecule has 1 rings (SSSR count). The monoisotopic (exact) mass is 145 g/mol. The molecule has 1 aliphatic rings. The van der Waals surface area contributed by atoms with E-state index in [1.54, 1.807) is 0 Å². The molecule has 1 radical (unpaired) electrons. The summed E-state index contributed by atoms with van der Waals surface area (Å²) >= 11 is 0. The molecule has 0 aliphatic heterocycles. The van der Waals surface area contributed by atoms with Gasteiger partial charge in [0.2, 0.25) is 0 Å². The smallest absolute Gasteiger partial charge is 0 e. The van der Waals surface area contributed by atoms with Gasteiger partial charge in [-0.2, -0.15) is 0 Å². The Morgan fingerprint density at radius 3 is 2.20 bits per heavy atom. The van der Waals surface area contributed by atoms with Crippen molar-refractivity contribution in [3.8, 4) is 0 Å². The fraction of sp³-hybridized carbons (Fsp3) is 0.556. The predicted octanol–water partition coefficient (Wildman–Crippen LogP) is 2.54. The van der Waals surface area contributed by atoms with Gasteiger partial charge in [0.1, 0.15) is 0 Å². The van der Waals surface area contributed by atoms with Crippen molar-refractivity contribution in [3.63, 3.8) is 0 Å². The summed E-state index contributed by atoms with van der Waals surface area (Å²) in [7, 11) is 0. The molecule has 1 heteroatoms. The normalized spacial score (nSPS) is 16.4. The van der Waals surface area contributed by atoms with Crippen molar-refractivity contribution >= 4 is 29.6 Å². The summed E-state index contributed by atoms with van der Waals surface area (Å²) in [6, 6.07) is 0. The van der Waals surface area contributed by atoms with Gasteiger partial charge < -0.3 is 0 Å². The summed E-state index contributed by atoms with van der Waals surface area (Å²) in [6.07, 6.45) is 5.79. The zero-order valence-electron chi connectivity index (χ0n) is 7.44. The molecule has 0 saturated carbocycles. The second kappa shape index (κ2) is 4.38. The number of hydrogen-bond donors (Lipinski definition) is 0. The van der Waals surface area contributed by atoms with E-state index < -0.39 is 0 Å². The van der Waals surface area contributed by atoms with Gasteiger partial charge in [0, 0.05) is 29.6 Å². The first-order valence-electron chi connectivity index (χ1n) is 3.57. The quantitative estimate of drug-likeness (QED) is 0.497. The molecule has 0 N–H and O–H groups in total. The van der Waals surface area contributed by atoms with E-state index in [4.69, 9.17) is 0 Å². The van der Waals surface area contributed by atoms with Crippen molar-refractivity contribution in [3.05, 3.63) is 23.3 Å². The third-order valence-corrected chi connectivity index (χ3v) is 1.74. The number of rotatable bonds is 1. The minimum absolute atomic E-state index is 0. The Hall–Kier alpha value is 0.480. The van der Waals surface area contributed by atoms with E-state index in [-0.39, 0.29) is 29.6 Å². The zero-order chi connectivity index (χ0) is 6.85. The summed E-state index contributed by atoms with van der Waals surface area (Å²) in [5, 5.41) is 0. The molecule has 0 amide bonds. The maximum atomic E-state index is 2.32. The molecule has 0 aromatic heterocycles. The van der Waals surface area contributed by atoms with E-state index in [1.807, 2.05) is 0 Å². The van der Waals surface area contributed by atoms with Gasteiger partial charge in [0.25, 0.3) is 0 Å². The molecule has 0 unspecified atom stereocenters. The van der Waals surface area contributed by atoms with Gasteiger partial charge in [-0.25, -0.2) is 0 Å². The van der Waals surface area contributed by atoms with E-state index in [1.165, 1.54) is 17.6 Å². The van der Waals surface area contributed by atoms with Crippen LogP contribution in [-0.4, -0.2) is 29.6 Å². The van der Waals surface area contributed by atoms with Gasteiger partial charge in [-0.05, 0) is 24.8 Å². The van der Waals surface area contributed by atoms with Crippen molar-refractivity contribution in [2.24, 2.45) is 5.92 Å². The van der Waals surface area contributed by atoms with E-state index in [2.05, 4.69) is 32.9 Å². The molecule has 0 nitrogen and oxygen atoms in total. The molecule has 0 heterocycles. The molecule has 0 saturated heterocycles. The molecule has 0 aromatic carbocycles. The Bertz CT molecular complexity index is 164. The van der Waals surface area contributed by atoms with Crippen molar-refractivity contribution in [2.75, 3.05) is 0 Å². The Labute approximate surface area is 85.7 Å². The van der Waals surface area contributed by atoms with Crippen LogP contribution in [0.2, 0.25) is 0 Å². The van der Waals surface area contributed by atoms with Gasteiger partial charge in [-0.1, -0.05) is 31.6 Å². The summed E-state index contributed by atoms with van der Waals surface area (Å²) < 4.78 is 0. The minimum atomic E-state index is 0. The first kappa shape index (κ1) is 10.5. The summed E-state index contributed by atoms with van der Waals surface area (Å²) in [6.45, 7) is 6.66. The molecule has 0 aromatic rings. The maximum Gasteiger partial charge on any atom is 0 e. The molecule has 0 bridgehead atoms. The van der Waals surface area contributed by atoms with Crippen LogP contribution < -0.4 is 0 Å². The zero-order valence-corrected chi connectivity index (χ0v) is 9.44. The topological polar surface area (TPSA) is 0 Å². The summed E-state index contributed by atoms with van der Waals surface area (Å²) in [4.78, 5) is 0. The first-order chi connectivity index (χ1) is 4.20. The van der Waals surface area contributed by atoms with Crippen LogP contribution in [0.4, 0.5) is 0 Å². The fourth-order valence-corrected chi connectivity index (χ4v) is 1.08. The fourth-order valence-electron chi connectivity index (χ4n) is 1.08. The van der Waals surface area contributed by atoms with Gasteiger partial charge >= 0.3 is 0 Å². The van der Waals surface area contributed by atoms with Crippen LogP contribution >= 0.6 is 0 Å². The summed E-state index contributed by atoms with van der Waals surface area (Å²) in [5.41, 5.74) is 3.01. The Morgan fingerprint density at radius 2 is 2.00 bits per heavy atom. The van der Waals surface area contributed by atoms with Crippen molar-refractivity contribution in [2.45, 2.75) is 27.2 Å². The SMILES string of the molecule is CC1=CC(C(C)C)=CC1.[Na]. The van der Waals surface area contributed by atoms with Crippen LogP contribution in [0.3, 0.4) is 0 Å². The maximum absolute atomic E-state index is 2.32. The summed E-state index contributed by atoms with van der Waals surface area (Å²) in [5.74, 6) is 0.711. The molecule has 0 atom stereocenters. The van der Waals surface area contributed by atoms with Crippen molar-refractivity contribution in [1.29, 1.82) is 0 Å². The molecular formula is C9H14Na. The van der Waals surface area contributed by atoms with Crippen LogP contribution in [0.5, 0.6) is 0 Å². The van der Waals surface area contributed by atoms with Crippen LogP contribution in [-0.2, 0) is 0 Å². The van der Waals surface area contributed by atoms with Crippen molar-refractivity contribution in [1.82, 2.24) is 0 Å². The second-order valence-electron chi connectivity index (χ2n) is 3.05. The standard InChI is InChI=1S/C9H14.Na/c1-7(2)9-5-4-8(3)6-9;/h5-7H,4H2,1-3H3;. The average molecular weight is 145 g/mol. The first-order valence-corrected chi connectivity index (χ1v) is 3.57. The van der Waals surface area contributed by atoms with Crippen LogP contribution in [0.25, 0.3) is 0 Å². The van der Waals surface area contributed by atoms with E-state index in [0.29, 0.717) is 5.92 Å². The van der Waals surface area contributed by atoms with Crippen molar-refractivity contribution < 1.29 is 0 Å². The molecular weight excluding hydrogens is 131 g/mol. The Balaban J connectivity index is 0.000000810. The Morgan fingerprint density at radius 1 is 1.40 bits per heavy atom. The number of allylic oxidation sites excluding steroid dienone is 4. The third-order valence-electron chi connectivity index (χ3n) is 1.74. The molecule has 0 fully saturated rings.